The van der Waals surface area contributed by atoms with Crippen LogP contribution >= 0.6 is 0 Å². The van der Waals surface area contributed by atoms with E-state index >= 15 is 0 Å². The van der Waals surface area contributed by atoms with E-state index in [1.807, 2.05) is 39.0 Å². The molecular formula is C15H17N5O. The van der Waals surface area contributed by atoms with Gasteiger partial charge in [0.25, 0.3) is 0 Å². The number of imidazole rings is 1. The summed E-state index contributed by atoms with van der Waals surface area (Å²) in [5, 5.41) is 3.22. The van der Waals surface area contributed by atoms with Gasteiger partial charge in [-0.05, 0) is 44.0 Å². The van der Waals surface area contributed by atoms with Crippen molar-refractivity contribution < 1.29 is 0 Å². The van der Waals surface area contributed by atoms with E-state index in [0.29, 0.717) is 12.5 Å². The molecule has 0 radical (unpaired) electrons. The van der Waals surface area contributed by atoms with E-state index in [0.717, 1.165) is 33.5 Å². The maximum absolute atomic E-state index is 11.2. The second kappa shape index (κ2) is 5.05. The monoisotopic (exact) mass is 283 g/mol. The molecule has 0 spiro atoms. The summed E-state index contributed by atoms with van der Waals surface area (Å²) < 4.78 is 0. The number of aromatic amines is 2. The third-order valence-electron chi connectivity index (χ3n) is 3.66. The smallest absolute Gasteiger partial charge is 0.323 e. The van der Waals surface area contributed by atoms with Crippen LogP contribution in [-0.2, 0) is 6.54 Å². The van der Waals surface area contributed by atoms with Crippen molar-refractivity contribution in [1.29, 1.82) is 0 Å². The number of fused-ring (bicyclic) bond motifs is 1. The first-order chi connectivity index (χ1) is 10.0. The molecule has 0 aliphatic carbocycles. The first kappa shape index (κ1) is 13.4. The molecule has 21 heavy (non-hydrogen) atoms. The van der Waals surface area contributed by atoms with Crippen molar-refractivity contribution >= 4 is 17.0 Å². The number of aryl methyl sites for hydroxylation is 2. The molecule has 3 rings (SSSR count). The van der Waals surface area contributed by atoms with Gasteiger partial charge in [-0.15, -0.1) is 0 Å². The first-order valence-electron chi connectivity index (χ1n) is 6.79. The summed E-state index contributed by atoms with van der Waals surface area (Å²) >= 11 is 0. The Morgan fingerprint density at radius 1 is 1.05 bits per heavy atom. The molecular weight excluding hydrogens is 266 g/mol. The standard InChI is InChI=1S/C15H17N5O/c1-8-9(2)17-14(18-10(8)3)16-7-11-4-5-12-13(6-11)20-15(21)19-12/h4-6H,7H2,1-3H3,(H,16,17,18)(H2,19,20,21). The zero-order valence-corrected chi connectivity index (χ0v) is 12.2. The lowest BCUT2D eigenvalue weighted by Gasteiger charge is -2.09. The Labute approximate surface area is 121 Å². The number of anilines is 1. The Hall–Kier alpha value is -2.63. The van der Waals surface area contributed by atoms with E-state index in [4.69, 9.17) is 0 Å². The highest BCUT2D eigenvalue weighted by molar-refractivity contribution is 5.75. The van der Waals surface area contributed by atoms with E-state index in [9.17, 15) is 4.79 Å². The van der Waals surface area contributed by atoms with E-state index in [1.165, 1.54) is 0 Å². The average Bonchev–Trinajstić information content (AvgIpc) is 2.81. The number of hydrogen-bond donors (Lipinski definition) is 3. The minimum absolute atomic E-state index is 0.191. The normalized spacial score (nSPS) is 11.0. The van der Waals surface area contributed by atoms with E-state index in [2.05, 4.69) is 25.3 Å². The Morgan fingerprint density at radius 2 is 1.71 bits per heavy atom. The van der Waals surface area contributed by atoms with Crippen LogP contribution in [0.4, 0.5) is 5.95 Å². The molecule has 0 amide bonds. The van der Waals surface area contributed by atoms with Crippen LogP contribution in [0.25, 0.3) is 11.0 Å². The summed E-state index contributed by atoms with van der Waals surface area (Å²) in [5.74, 6) is 0.623. The molecule has 0 unspecified atom stereocenters. The maximum Gasteiger partial charge on any atom is 0.323 e. The molecule has 108 valence electrons. The molecule has 0 aliphatic heterocycles. The highest BCUT2D eigenvalue weighted by Gasteiger charge is 2.05. The van der Waals surface area contributed by atoms with Crippen LogP contribution in [0.15, 0.2) is 23.0 Å². The van der Waals surface area contributed by atoms with Crippen molar-refractivity contribution in [1.82, 2.24) is 19.9 Å². The van der Waals surface area contributed by atoms with Crippen LogP contribution in [0.5, 0.6) is 0 Å². The molecule has 0 atom stereocenters. The second-order valence-electron chi connectivity index (χ2n) is 5.16. The SMILES string of the molecule is Cc1nc(NCc2ccc3[nH]c(=O)[nH]c3c2)nc(C)c1C. The number of hydrogen-bond acceptors (Lipinski definition) is 4. The molecule has 0 aliphatic rings. The van der Waals surface area contributed by atoms with Crippen LogP contribution in [0, 0.1) is 20.8 Å². The van der Waals surface area contributed by atoms with Crippen LogP contribution in [0.1, 0.15) is 22.5 Å². The van der Waals surface area contributed by atoms with Crippen LogP contribution in [0.3, 0.4) is 0 Å². The Bertz CT molecular complexity index is 839. The van der Waals surface area contributed by atoms with Gasteiger partial charge in [0.2, 0.25) is 5.95 Å². The van der Waals surface area contributed by atoms with E-state index in [1.54, 1.807) is 0 Å². The first-order valence-corrected chi connectivity index (χ1v) is 6.79. The summed E-state index contributed by atoms with van der Waals surface area (Å²) in [7, 11) is 0. The molecule has 3 aromatic rings. The van der Waals surface area contributed by atoms with Gasteiger partial charge >= 0.3 is 5.69 Å². The molecule has 0 saturated heterocycles. The minimum Gasteiger partial charge on any atom is -0.350 e. The molecule has 0 fully saturated rings. The number of H-pyrrole nitrogens is 2. The van der Waals surface area contributed by atoms with Gasteiger partial charge in [0, 0.05) is 17.9 Å². The summed E-state index contributed by atoms with van der Waals surface area (Å²) in [6, 6.07) is 5.79. The summed E-state index contributed by atoms with van der Waals surface area (Å²) in [6.07, 6.45) is 0. The summed E-state index contributed by atoms with van der Waals surface area (Å²) in [4.78, 5) is 25.6. The number of benzene rings is 1. The highest BCUT2D eigenvalue weighted by Crippen LogP contribution is 2.14. The average molecular weight is 283 g/mol. The van der Waals surface area contributed by atoms with Crippen molar-refractivity contribution in [2.75, 3.05) is 5.32 Å². The topological polar surface area (TPSA) is 86.5 Å². The fraction of sp³-hybridized carbons (Fsp3) is 0.267. The van der Waals surface area contributed by atoms with Gasteiger partial charge < -0.3 is 15.3 Å². The predicted octanol–water partition coefficient (Wildman–Crippen LogP) is 2.18. The summed E-state index contributed by atoms with van der Waals surface area (Å²) in [5.41, 5.74) is 5.55. The van der Waals surface area contributed by atoms with Crippen LogP contribution in [0.2, 0.25) is 0 Å². The lowest BCUT2D eigenvalue weighted by molar-refractivity contribution is 0.980. The Kier molecular flexibility index (Phi) is 3.21. The largest absolute Gasteiger partial charge is 0.350 e. The molecule has 6 nitrogen and oxygen atoms in total. The molecule has 6 heteroatoms. The van der Waals surface area contributed by atoms with Crippen molar-refractivity contribution in [3.05, 3.63) is 51.2 Å². The third-order valence-corrected chi connectivity index (χ3v) is 3.66. The van der Waals surface area contributed by atoms with Gasteiger partial charge in [-0.2, -0.15) is 0 Å². The van der Waals surface area contributed by atoms with E-state index in [-0.39, 0.29) is 5.69 Å². The molecule has 1 aromatic carbocycles. The lowest BCUT2D eigenvalue weighted by Crippen LogP contribution is -2.07. The lowest BCUT2D eigenvalue weighted by atomic mass is 10.2. The van der Waals surface area contributed by atoms with Gasteiger partial charge in [0.1, 0.15) is 0 Å². The molecule has 2 heterocycles. The van der Waals surface area contributed by atoms with Crippen molar-refractivity contribution in [2.45, 2.75) is 27.3 Å². The Morgan fingerprint density at radius 3 is 2.43 bits per heavy atom. The fourth-order valence-corrected chi connectivity index (χ4v) is 2.22. The van der Waals surface area contributed by atoms with Gasteiger partial charge in [-0.1, -0.05) is 6.07 Å². The summed E-state index contributed by atoms with van der Waals surface area (Å²) in [6.45, 7) is 6.58. The fourth-order valence-electron chi connectivity index (χ4n) is 2.22. The highest BCUT2D eigenvalue weighted by atomic mass is 16.1. The second-order valence-corrected chi connectivity index (χ2v) is 5.16. The molecule has 0 bridgehead atoms. The molecule has 2 aromatic heterocycles. The maximum atomic E-state index is 11.2. The number of nitrogens with one attached hydrogen (secondary N) is 3. The van der Waals surface area contributed by atoms with Crippen LogP contribution < -0.4 is 11.0 Å². The number of nitrogens with zero attached hydrogens (tertiary/aromatic N) is 2. The van der Waals surface area contributed by atoms with Crippen molar-refractivity contribution in [2.24, 2.45) is 0 Å². The Balaban J connectivity index is 1.81. The quantitative estimate of drug-likeness (QED) is 0.687. The molecule has 3 N–H and O–H groups in total. The van der Waals surface area contributed by atoms with Gasteiger partial charge in [-0.25, -0.2) is 14.8 Å². The van der Waals surface area contributed by atoms with E-state index < -0.39 is 0 Å². The van der Waals surface area contributed by atoms with Crippen molar-refractivity contribution in [3.8, 4) is 0 Å². The predicted molar refractivity (Wildman–Crippen MR) is 82.5 cm³/mol. The number of aromatic nitrogens is 4. The minimum atomic E-state index is -0.191. The number of rotatable bonds is 3. The zero-order chi connectivity index (χ0) is 15.0. The van der Waals surface area contributed by atoms with Crippen molar-refractivity contribution in [3.63, 3.8) is 0 Å². The third kappa shape index (κ3) is 2.65. The van der Waals surface area contributed by atoms with Gasteiger partial charge in [-0.3, -0.25) is 0 Å². The van der Waals surface area contributed by atoms with Crippen LogP contribution in [-0.4, -0.2) is 19.9 Å². The molecule has 0 saturated carbocycles. The zero-order valence-electron chi connectivity index (χ0n) is 12.2. The van der Waals surface area contributed by atoms with Gasteiger partial charge in [0.15, 0.2) is 0 Å². The van der Waals surface area contributed by atoms with Gasteiger partial charge in [0.05, 0.1) is 11.0 Å².